The molecule has 0 bridgehead atoms. The number of hydrogen-bond donors (Lipinski definition) is 1. The molecule has 2 aliphatic heterocycles. The van der Waals surface area contributed by atoms with Crippen molar-refractivity contribution in [3.63, 3.8) is 0 Å². The van der Waals surface area contributed by atoms with E-state index in [4.69, 9.17) is 19.0 Å². The van der Waals surface area contributed by atoms with Gasteiger partial charge in [0, 0.05) is 12.3 Å². The van der Waals surface area contributed by atoms with E-state index in [9.17, 15) is 0 Å². The minimum absolute atomic E-state index is 0. The number of thiazole rings is 1. The van der Waals surface area contributed by atoms with E-state index in [-0.39, 0.29) is 30.1 Å². The highest BCUT2D eigenvalue weighted by atomic mass is 32.1. The van der Waals surface area contributed by atoms with Crippen molar-refractivity contribution < 1.29 is 14.0 Å². The van der Waals surface area contributed by atoms with Crippen LogP contribution < -0.4 is 11.6 Å². The molecule has 0 saturated carbocycles. The number of ether oxygens (including phenoxy) is 1. The fourth-order valence-electron chi connectivity index (χ4n) is 3.26. The highest BCUT2D eigenvalue weighted by Crippen LogP contribution is 2.38. The highest BCUT2D eigenvalue weighted by molar-refractivity contribution is 7.18. The predicted octanol–water partition coefficient (Wildman–Crippen LogP) is 3.73. The van der Waals surface area contributed by atoms with Gasteiger partial charge in [-0.25, -0.2) is 4.98 Å². The average molecular weight is 376 g/mol. The molecule has 0 radical (unpaired) electrons. The fourth-order valence-corrected chi connectivity index (χ4v) is 4.28. The van der Waals surface area contributed by atoms with E-state index in [2.05, 4.69) is 59.7 Å². The molecular formula is C19H29BN2O3S. The lowest BCUT2D eigenvalue weighted by atomic mass is 9.79. The lowest BCUT2D eigenvalue weighted by Gasteiger charge is -2.44. The van der Waals surface area contributed by atoms with E-state index in [0.717, 1.165) is 24.0 Å². The van der Waals surface area contributed by atoms with E-state index in [1.807, 2.05) is 0 Å². The van der Waals surface area contributed by atoms with Gasteiger partial charge in [0.05, 0.1) is 38.6 Å². The molecular weight excluding hydrogens is 347 g/mol. The predicted molar refractivity (Wildman–Crippen MR) is 108 cm³/mol. The average Bonchev–Trinajstić information content (AvgIpc) is 3.01. The molecule has 2 aromatic rings. The Kier molecular flexibility index (Phi) is 4.77. The maximum atomic E-state index is 6.16. The van der Waals surface area contributed by atoms with Gasteiger partial charge in [-0.2, -0.15) is 0 Å². The molecule has 2 saturated heterocycles. The Balaban J connectivity index is 0.00000196. The Labute approximate surface area is 160 Å². The van der Waals surface area contributed by atoms with Crippen molar-refractivity contribution in [3.05, 3.63) is 23.2 Å². The lowest BCUT2D eigenvalue weighted by molar-refractivity contribution is -0.180. The summed E-state index contributed by atoms with van der Waals surface area (Å²) in [4.78, 5) is 4.86. The Morgan fingerprint density at radius 3 is 2.31 bits per heavy atom. The lowest BCUT2D eigenvalue weighted by Crippen LogP contribution is -2.49. The summed E-state index contributed by atoms with van der Waals surface area (Å²) in [5, 5.41) is 1.18. The maximum absolute atomic E-state index is 6.16. The molecule has 3 heterocycles. The SMILES string of the molecule is CC1(C)OCC1Cc1nc2cc(B3OC(C)(C)C(C)(C)O3)ccc2s1.N. The molecule has 1 aromatic heterocycles. The van der Waals surface area contributed by atoms with Crippen LogP contribution in [0.15, 0.2) is 18.2 Å². The summed E-state index contributed by atoms with van der Waals surface area (Å²) >= 11 is 1.78. The molecule has 0 aliphatic carbocycles. The molecule has 3 N–H and O–H groups in total. The van der Waals surface area contributed by atoms with Gasteiger partial charge in [0.2, 0.25) is 0 Å². The minimum atomic E-state index is -0.335. The van der Waals surface area contributed by atoms with Crippen LogP contribution >= 0.6 is 11.3 Å². The van der Waals surface area contributed by atoms with Crippen molar-refractivity contribution >= 4 is 34.1 Å². The zero-order chi connectivity index (χ0) is 18.0. The van der Waals surface area contributed by atoms with Crippen LogP contribution in [0.3, 0.4) is 0 Å². The first kappa shape index (κ1) is 19.8. The molecule has 0 spiro atoms. The van der Waals surface area contributed by atoms with Gasteiger partial charge in [-0.3, -0.25) is 0 Å². The van der Waals surface area contributed by atoms with Gasteiger partial charge in [0.25, 0.3) is 0 Å². The molecule has 4 rings (SSSR count). The molecule has 1 atom stereocenters. The zero-order valence-corrected chi connectivity index (χ0v) is 17.4. The maximum Gasteiger partial charge on any atom is 0.494 e. The van der Waals surface area contributed by atoms with Crippen LogP contribution in [0, 0.1) is 5.92 Å². The molecule has 1 unspecified atom stereocenters. The molecule has 5 nitrogen and oxygen atoms in total. The largest absolute Gasteiger partial charge is 0.494 e. The second kappa shape index (κ2) is 6.28. The van der Waals surface area contributed by atoms with Crippen LogP contribution in [0.1, 0.15) is 46.6 Å². The van der Waals surface area contributed by atoms with Crippen molar-refractivity contribution in [2.24, 2.45) is 5.92 Å². The van der Waals surface area contributed by atoms with Crippen LogP contribution in [0.2, 0.25) is 0 Å². The minimum Gasteiger partial charge on any atom is -0.399 e. The molecule has 2 fully saturated rings. The first-order chi connectivity index (χ1) is 11.6. The normalized spacial score (nSPS) is 25.8. The van der Waals surface area contributed by atoms with Gasteiger partial charge in [0.1, 0.15) is 0 Å². The molecule has 0 amide bonds. The number of aromatic nitrogens is 1. The van der Waals surface area contributed by atoms with Crippen LogP contribution in [-0.4, -0.2) is 35.5 Å². The van der Waals surface area contributed by atoms with Crippen LogP contribution in [-0.2, 0) is 20.5 Å². The summed E-state index contributed by atoms with van der Waals surface area (Å²) in [6.45, 7) is 13.5. The van der Waals surface area contributed by atoms with Crippen molar-refractivity contribution in [2.45, 2.75) is 64.8 Å². The smallest absolute Gasteiger partial charge is 0.399 e. The Morgan fingerprint density at radius 1 is 1.12 bits per heavy atom. The van der Waals surface area contributed by atoms with Gasteiger partial charge in [0.15, 0.2) is 0 Å². The quantitative estimate of drug-likeness (QED) is 0.827. The standard InChI is InChI=1S/C19H26BNO3S.H3N/c1-17(2)12(11-22-17)9-16-21-14-10-13(7-8-15(14)25-16)20-23-18(3,4)19(5,6)24-20;/h7-8,10,12H,9,11H2,1-6H3;1H3. The number of hydrogen-bond acceptors (Lipinski definition) is 6. The van der Waals surface area contributed by atoms with Gasteiger partial charge < -0.3 is 20.2 Å². The van der Waals surface area contributed by atoms with Crippen molar-refractivity contribution in [3.8, 4) is 0 Å². The number of benzene rings is 1. The van der Waals surface area contributed by atoms with Gasteiger partial charge >= 0.3 is 7.12 Å². The molecule has 7 heteroatoms. The second-order valence-corrected chi connectivity index (χ2v) is 9.85. The third-order valence-electron chi connectivity index (χ3n) is 6.04. The summed E-state index contributed by atoms with van der Waals surface area (Å²) in [5.41, 5.74) is 1.40. The monoisotopic (exact) mass is 376 g/mol. The molecule has 1 aromatic carbocycles. The number of fused-ring (bicyclic) bond motifs is 1. The Morgan fingerprint density at radius 2 is 1.77 bits per heavy atom. The van der Waals surface area contributed by atoms with Crippen molar-refractivity contribution in [1.82, 2.24) is 11.1 Å². The number of rotatable bonds is 3. The van der Waals surface area contributed by atoms with Gasteiger partial charge in [-0.15, -0.1) is 11.3 Å². The van der Waals surface area contributed by atoms with E-state index in [0.29, 0.717) is 5.92 Å². The van der Waals surface area contributed by atoms with E-state index in [1.165, 1.54) is 9.71 Å². The van der Waals surface area contributed by atoms with Crippen LogP contribution in [0.4, 0.5) is 0 Å². The van der Waals surface area contributed by atoms with Gasteiger partial charge in [-0.1, -0.05) is 6.07 Å². The van der Waals surface area contributed by atoms with Crippen LogP contribution in [0.25, 0.3) is 10.2 Å². The number of nitrogens with zero attached hydrogens (tertiary/aromatic N) is 1. The first-order valence-electron chi connectivity index (χ1n) is 8.96. The summed E-state index contributed by atoms with van der Waals surface area (Å²) in [6.07, 6.45) is 0.984. The summed E-state index contributed by atoms with van der Waals surface area (Å²) in [7, 11) is -0.335. The van der Waals surface area contributed by atoms with Crippen molar-refractivity contribution in [1.29, 1.82) is 0 Å². The summed E-state index contributed by atoms with van der Waals surface area (Å²) in [6, 6.07) is 6.35. The fraction of sp³-hybridized carbons (Fsp3) is 0.632. The Bertz CT molecular complexity index is 802. The third-order valence-corrected chi connectivity index (χ3v) is 7.10. The Hall–Kier alpha value is -0.985. The second-order valence-electron chi connectivity index (χ2n) is 8.74. The zero-order valence-electron chi connectivity index (χ0n) is 16.6. The summed E-state index contributed by atoms with van der Waals surface area (Å²) in [5.74, 6) is 0.552. The first-order valence-corrected chi connectivity index (χ1v) is 9.78. The third kappa shape index (κ3) is 3.20. The topological polar surface area (TPSA) is 75.6 Å². The van der Waals surface area contributed by atoms with Gasteiger partial charge in [-0.05, 0) is 59.1 Å². The van der Waals surface area contributed by atoms with E-state index in [1.54, 1.807) is 11.3 Å². The molecule has 142 valence electrons. The molecule has 26 heavy (non-hydrogen) atoms. The molecule has 2 aliphatic rings. The van der Waals surface area contributed by atoms with Crippen molar-refractivity contribution in [2.75, 3.05) is 6.61 Å². The van der Waals surface area contributed by atoms with E-state index >= 15 is 0 Å². The van der Waals surface area contributed by atoms with Crippen LogP contribution in [0.5, 0.6) is 0 Å². The highest BCUT2D eigenvalue weighted by Gasteiger charge is 2.51. The summed E-state index contributed by atoms with van der Waals surface area (Å²) < 4.78 is 19.2. The van der Waals surface area contributed by atoms with E-state index < -0.39 is 0 Å².